The molecule has 2 aromatic carbocycles. The molecule has 0 spiro atoms. The van der Waals surface area contributed by atoms with Crippen molar-refractivity contribution in [3.8, 4) is 11.1 Å². The van der Waals surface area contributed by atoms with Crippen LogP contribution in [0.4, 0.5) is 13.2 Å². The molecule has 4 rings (SSSR count). The Kier molecular flexibility index (Phi) is 9.21. The van der Waals surface area contributed by atoms with Gasteiger partial charge >= 0.3 is 12.1 Å². The highest BCUT2D eigenvalue weighted by atomic mass is 19.4. The Labute approximate surface area is 231 Å². The number of aryl methyl sites for hydroxylation is 1. The summed E-state index contributed by atoms with van der Waals surface area (Å²) in [5.74, 6) is 0.487. The number of benzene rings is 2. The number of hydrogen-bond donors (Lipinski definition) is 1. The first-order chi connectivity index (χ1) is 19.1. The van der Waals surface area contributed by atoms with Gasteiger partial charge in [0, 0.05) is 44.5 Å². The number of amidine groups is 1. The third kappa shape index (κ3) is 7.69. The van der Waals surface area contributed by atoms with Gasteiger partial charge in [0.15, 0.2) is 0 Å². The van der Waals surface area contributed by atoms with Crippen molar-refractivity contribution in [1.82, 2.24) is 20.0 Å². The smallest absolute Gasteiger partial charge is 0.416 e. The molecule has 1 aliphatic heterocycles. The molecule has 7 nitrogen and oxygen atoms in total. The van der Waals surface area contributed by atoms with Crippen LogP contribution in [-0.4, -0.2) is 52.7 Å². The second-order valence-corrected chi connectivity index (χ2v) is 9.58. The van der Waals surface area contributed by atoms with Gasteiger partial charge < -0.3 is 15.0 Å². The van der Waals surface area contributed by atoms with Crippen LogP contribution in [0.2, 0.25) is 0 Å². The van der Waals surface area contributed by atoms with E-state index in [1.807, 2.05) is 62.8 Å². The van der Waals surface area contributed by atoms with Crippen LogP contribution in [-0.2, 0) is 35.7 Å². The molecule has 0 radical (unpaired) electrons. The van der Waals surface area contributed by atoms with Crippen molar-refractivity contribution in [2.45, 2.75) is 32.1 Å². The van der Waals surface area contributed by atoms with E-state index >= 15 is 0 Å². The first-order valence-electron chi connectivity index (χ1n) is 12.9. The molecule has 0 amide bonds. The van der Waals surface area contributed by atoms with Crippen molar-refractivity contribution < 1.29 is 22.7 Å². The molecule has 0 fully saturated rings. The van der Waals surface area contributed by atoms with Gasteiger partial charge in [-0.15, -0.1) is 0 Å². The SMILES string of the molecule is COC(=O)/C(=C\CNCC1=NC(C)C=CN1Cc1ccc(-c2ccc(C(F)(F)F)cc2)cc1)Cc1cnn(C)c1. The number of nitrogens with zero attached hydrogens (tertiary/aromatic N) is 4. The molecule has 2 heterocycles. The minimum absolute atomic E-state index is 0.0434. The Morgan fingerprint density at radius 2 is 1.75 bits per heavy atom. The Morgan fingerprint density at radius 3 is 2.35 bits per heavy atom. The van der Waals surface area contributed by atoms with E-state index in [1.54, 1.807) is 10.9 Å². The van der Waals surface area contributed by atoms with Crippen molar-refractivity contribution in [2.75, 3.05) is 20.2 Å². The van der Waals surface area contributed by atoms with Crippen molar-refractivity contribution in [3.63, 3.8) is 0 Å². The predicted octanol–water partition coefficient (Wildman–Crippen LogP) is 5.15. The van der Waals surface area contributed by atoms with Crippen LogP contribution in [0.15, 0.2) is 89.8 Å². The summed E-state index contributed by atoms with van der Waals surface area (Å²) in [6.45, 7) is 3.55. The van der Waals surface area contributed by atoms with Gasteiger partial charge in [-0.25, -0.2) is 4.79 Å². The fraction of sp³-hybridized carbons (Fsp3) is 0.300. The van der Waals surface area contributed by atoms with E-state index in [0.29, 0.717) is 31.6 Å². The number of esters is 1. The Bertz CT molecular complexity index is 1390. The molecule has 3 aromatic rings. The maximum absolute atomic E-state index is 12.9. The predicted molar refractivity (Wildman–Crippen MR) is 148 cm³/mol. The summed E-state index contributed by atoms with van der Waals surface area (Å²) in [6.07, 6.45) is 5.52. The van der Waals surface area contributed by atoms with Gasteiger partial charge in [-0.1, -0.05) is 42.5 Å². The van der Waals surface area contributed by atoms with Gasteiger partial charge in [0.05, 0.1) is 31.5 Å². The first-order valence-corrected chi connectivity index (χ1v) is 12.9. The minimum Gasteiger partial charge on any atom is -0.466 e. The maximum Gasteiger partial charge on any atom is 0.416 e. The summed E-state index contributed by atoms with van der Waals surface area (Å²) >= 11 is 0. The minimum atomic E-state index is -4.35. The Balaban J connectivity index is 1.37. The lowest BCUT2D eigenvalue weighted by molar-refractivity contribution is -0.138. The standard InChI is InChI=1S/C30H32F3N5O2/c1-21-13-15-38(20-22-4-6-24(7-5-22)25-8-10-27(11-9-25)30(31,32)33)28(36-21)18-34-14-12-26(29(39)40-3)16-23-17-35-37(2)19-23/h4-13,15,17,19,21,34H,14,16,18,20H2,1-3H3/b26-12-. The quantitative estimate of drug-likeness (QED) is 0.214. The Morgan fingerprint density at radius 1 is 1.07 bits per heavy atom. The molecule has 0 saturated carbocycles. The number of rotatable bonds is 10. The average Bonchev–Trinajstić information content (AvgIpc) is 3.35. The number of aliphatic imine (C=N–C) groups is 1. The number of ether oxygens (including phenoxy) is 1. The summed E-state index contributed by atoms with van der Waals surface area (Å²) in [7, 11) is 3.19. The number of aromatic nitrogens is 2. The third-order valence-electron chi connectivity index (χ3n) is 6.46. The number of nitrogens with one attached hydrogen (secondary N) is 1. The fourth-order valence-corrected chi connectivity index (χ4v) is 4.33. The average molecular weight is 552 g/mol. The second kappa shape index (κ2) is 12.8. The van der Waals surface area contributed by atoms with Gasteiger partial charge in [-0.3, -0.25) is 9.67 Å². The van der Waals surface area contributed by atoms with Crippen LogP contribution in [0.5, 0.6) is 0 Å². The van der Waals surface area contributed by atoms with Crippen LogP contribution in [0.25, 0.3) is 11.1 Å². The number of halogens is 3. The molecule has 40 heavy (non-hydrogen) atoms. The molecular weight excluding hydrogens is 519 g/mol. The molecule has 1 atom stereocenters. The summed E-state index contributed by atoms with van der Waals surface area (Å²) in [4.78, 5) is 19.1. The van der Waals surface area contributed by atoms with Gasteiger partial charge in [-0.2, -0.15) is 18.3 Å². The summed E-state index contributed by atoms with van der Waals surface area (Å²) in [5, 5.41) is 7.50. The maximum atomic E-state index is 12.9. The van der Waals surface area contributed by atoms with E-state index in [0.717, 1.165) is 40.2 Å². The van der Waals surface area contributed by atoms with Crippen LogP contribution in [0, 0.1) is 0 Å². The summed E-state index contributed by atoms with van der Waals surface area (Å²) in [5.41, 5.74) is 3.41. The van der Waals surface area contributed by atoms with Crippen LogP contribution in [0.1, 0.15) is 23.6 Å². The van der Waals surface area contributed by atoms with Crippen LogP contribution < -0.4 is 5.32 Å². The van der Waals surface area contributed by atoms with Crippen molar-refractivity contribution in [3.05, 3.63) is 102 Å². The topological polar surface area (TPSA) is 71.8 Å². The molecule has 1 N–H and O–H groups in total. The van der Waals surface area contributed by atoms with Crippen LogP contribution in [0.3, 0.4) is 0 Å². The lowest BCUT2D eigenvalue weighted by atomic mass is 10.0. The zero-order valence-electron chi connectivity index (χ0n) is 22.7. The number of carbonyl (C=O) groups is 1. The van der Waals surface area contributed by atoms with E-state index < -0.39 is 11.7 Å². The third-order valence-corrected chi connectivity index (χ3v) is 6.46. The highest BCUT2D eigenvalue weighted by Gasteiger charge is 2.30. The number of hydrogen-bond acceptors (Lipinski definition) is 6. The molecule has 0 bridgehead atoms. The van der Waals surface area contributed by atoms with E-state index in [4.69, 9.17) is 9.73 Å². The lowest BCUT2D eigenvalue weighted by Gasteiger charge is -2.27. The fourth-order valence-electron chi connectivity index (χ4n) is 4.33. The monoisotopic (exact) mass is 551 g/mol. The zero-order valence-corrected chi connectivity index (χ0v) is 22.7. The molecule has 10 heteroatoms. The zero-order chi connectivity index (χ0) is 28.7. The van der Waals surface area contributed by atoms with Gasteiger partial charge in [0.1, 0.15) is 5.84 Å². The normalized spacial score (nSPS) is 15.8. The second-order valence-electron chi connectivity index (χ2n) is 9.58. The largest absolute Gasteiger partial charge is 0.466 e. The van der Waals surface area contributed by atoms with Crippen molar-refractivity contribution in [2.24, 2.45) is 12.0 Å². The van der Waals surface area contributed by atoms with Crippen LogP contribution >= 0.6 is 0 Å². The Hall–Kier alpha value is -4.18. The van der Waals surface area contributed by atoms with E-state index in [1.165, 1.54) is 19.2 Å². The van der Waals surface area contributed by atoms with E-state index in [-0.39, 0.29) is 12.0 Å². The molecule has 210 valence electrons. The first kappa shape index (κ1) is 28.8. The number of alkyl halides is 3. The molecule has 1 aliphatic rings. The number of methoxy groups -OCH3 is 1. The summed E-state index contributed by atoms with van der Waals surface area (Å²) < 4.78 is 45.2. The van der Waals surface area contributed by atoms with Gasteiger partial charge in [-0.05, 0) is 47.4 Å². The van der Waals surface area contributed by atoms with Gasteiger partial charge in [0.2, 0.25) is 0 Å². The molecular formula is C30H32F3N5O2. The van der Waals surface area contributed by atoms with Crippen molar-refractivity contribution >= 4 is 11.8 Å². The van der Waals surface area contributed by atoms with Crippen molar-refractivity contribution in [1.29, 1.82) is 0 Å². The van der Waals surface area contributed by atoms with Gasteiger partial charge in [0.25, 0.3) is 0 Å². The highest BCUT2D eigenvalue weighted by molar-refractivity contribution is 5.89. The lowest BCUT2D eigenvalue weighted by Crippen LogP contribution is -2.37. The molecule has 1 aromatic heterocycles. The molecule has 0 aliphatic carbocycles. The molecule has 0 saturated heterocycles. The van der Waals surface area contributed by atoms with E-state index in [2.05, 4.69) is 15.3 Å². The highest BCUT2D eigenvalue weighted by Crippen LogP contribution is 2.31. The van der Waals surface area contributed by atoms with E-state index in [9.17, 15) is 18.0 Å². The molecule has 1 unspecified atom stereocenters. The summed E-state index contributed by atoms with van der Waals surface area (Å²) in [6, 6.07) is 13.0. The number of carbonyl (C=O) groups excluding carboxylic acids is 1.